The third-order valence-electron chi connectivity index (χ3n) is 5.80. The lowest BCUT2D eigenvalue weighted by Gasteiger charge is -2.32. The summed E-state index contributed by atoms with van der Waals surface area (Å²) in [7, 11) is 0. The number of rotatable bonds is 10. The highest BCUT2D eigenvalue weighted by Gasteiger charge is 2.27. The first-order chi connectivity index (χ1) is 16.5. The van der Waals surface area contributed by atoms with Gasteiger partial charge in [-0.15, -0.1) is 0 Å². The van der Waals surface area contributed by atoms with E-state index in [2.05, 4.69) is 10.3 Å². The molecule has 1 heterocycles. The number of hydrogen-bond acceptors (Lipinski definition) is 4. The van der Waals surface area contributed by atoms with Crippen LogP contribution in [0.25, 0.3) is 10.9 Å². The number of nitrogens with one attached hydrogen (secondary N) is 2. The summed E-state index contributed by atoms with van der Waals surface area (Å²) in [5, 5.41) is 14.5. The predicted octanol–water partition coefficient (Wildman–Crippen LogP) is 5.80. The van der Waals surface area contributed by atoms with E-state index in [1.165, 1.54) is 0 Å². The quantitative estimate of drug-likeness (QED) is 0.328. The van der Waals surface area contributed by atoms with Gasteiger partial charge in [-0.25, -0.2) is 4.79 Å². The van der Waals surface area contributed by atoms with Crippen molar-refractivity contribution in [1.29, 1.82) is 0 Å². The molecule has 1 aromatic heterocycles. The first-order valence-corrected chi connectivity index (χ1v) is 12.2. The molecule has 0 fully saturated rings. The Morgan fingerprint density at radius 1 is 1.14 bits per heavy atom. The maximum atomic E-state index is 13.0. The molecule has 1 unspecified atom stereocenters. The van der Waals surface area contributed by atoms with Gasteiger partial charge in [0.2, 0.25) is 0 Å². The predicted molar refractivity (Wildman–Crippen MR) is 139 cm³/mol. The molecule has 3 N–H and O–H groups in total. The van der Waals surface area contributed by atoms with E-state index in [1.807, 2.05) is 70.3 Å². The summed E-state index contributed by atoms with van der Waals surface area (Å²) in [4.78, 5) is 29.5. The van der Waals surface area contributed by atoms with E-state index in [4.69, 9.17) is 16.3 Å². The minimum atomic E-state index is -0.874. The van der Waals surface area contributed by atoms with Gasteiger partial charge in [0.1, 0.15) is 5.60 Å². The van der Waals surface area contributed by atoms with Gasteiger partial charge in [0.25, 0.3) is 0 Å². The molecule has 188 valence electrons. The Kier molecular flexibility index (Phi) is 8.81. The minimum Gasteiger partial charge on any atom is -0.481 e. The van der Waals surface area contributed by atoms with Gasteiger partial charge in [0.05, 0.1) is 12.5 Å². The van der Waals surface area contributed by atoms with Crippen LogP contribution in [0.2, 0.25) is 5.02 Å². The van der Waals surface area contributed by atoms with Gasteiger partial charge < -0.3 is 25.0 Å². The van der Waals surface area contributed by atoms with Crippen LogP contribution in [0.15, 0.2) is 54.7 Å². The Morgan fingerprint density at radius 2 is 1.83 bits per heavy atom. The lowest BCUT2D eigenvalue weighted by molar-refractivity contribution is -0.137. The van der Waals surface area contributed by atoms with Gasteiger partial charge >= 0.3 is 12.1 Å². The third kappa shape index (κ3) is 7.73. The van der Waals surface area contributed by atoms with E-state index in [0.717, 1.165) is 22.0 Å². The molecule has 3 rings (SSSR count). The Labute approximate surface area is 211 Å². The van der Waals surface area contributed by atoms with Crippen LogP contribution in [0.1, 0.15) is 51.3 Å². The first-order valence-electron chi connectivity index (χ1n) is 11.8. The van der Waals surface area contributed by atoms with Crippen molar-refractivity contribution in [3.05, 3.63) is 70.9 Å². The fourth-order valence-electron chi connectivity index (χ4n) is 4.07. The summed E-state index contributed by atoms with van der Waals surface area (Å²) in [6, 6.07) is 14.8. The summed E-state index contributed by atoms with van der Waals surface area (Å²) < 4.78 is 5.66. The highest BCUT2D eigenvalue weighted by molar-refractivity contribution is 6.30. The Hall–Kier alpha value is -3.03. The summed E-state index contributed by atoms with van der Waals surface area (Å²) in [5.74, 6) is -0.874. The third-order valence-corrected chi connectivity index (χ3v) is 6.05. The maximum absolute atomic E-state index is 13.0. The van der Waals surface area contributed by atoms with Gasteiger partial charge in [-0.2, -0.15) is 0 Å². The molecule has 2 atom stereocenters. The number of para-hydroxylation sites is 1. The van der Waals surface area contributed by atoms with Crippen LogP contribution >= 0.6 is 11.6 Å². The van der Waals surface area contributed by atoms with Crippen LogP contribution in [0.4, 0.5) is 4.79 Å². The van der Waals surface area contributed by atoms with Crippen LogP contribution in [0, 0.1) is 0 Å². The fraction of sp³-hybridized carbons (Fsp3) is 0.407. The number of carboxylic acid groups (broad SMARTS) is 1. The van der Waals surface area contributed by atoms with Gasteiger partial charge in [0.15, 0.2) is 0 Å². The van der Waals surface area contributed by atoms with Crippen molar-refractivity contribution in [2.24, 2.45) is 0 Å². The zero-order valence-corrected chi connectivity index (χ0v) is 21.4. The molecule has 0 radical (unpaired) electrons. The number of benzene rings is 2. The normalized spacial score (nSPS) is 13.4. The standard InChI is InChI=1S/C27H34ClN3O4/c1-18(19-9-11-21(28)12-10-19)31(26(34)35-27(2,3)4)14-13-29-22(16-25(32)33)15-20-17-30-24-8-6-5-7-23(20)24/h5-12,17-18,22,29-30H,13-16H2,1-4H3,(H,32,33)/t18?,22-/m0/s1. The molecule has 1 amide bonds. The maximum Gasteiger partial charge on any atom is 0.410 e. The van der Waals surface area contributed by atoms with Crippen molar-refractivity contribution >= 4 is 34.6 Å². The summed E-state index contributed by atoms with van der Waals surface area (Å²) in [5.41, 5.74) is 2.37. The van der Waals surface area contributed by atoms with Gasteiger partial charge in [-0.05, 0) is 63.4 Å². The lowest BCUT2D eigenvalue weighted by Crippen LogP contribution is -2.44. The highest BCUT2D eigenvalue weighted by atomic mass is 35.5. The van der Waals surface area contributed by atoms with E-state index >= 15 is 0 Å². The summed E-state index contributed by atoms with van der Waals surface area (Å²) in [6.45, 7) is 8.20. The van der Waals surface area contributed by atoms with Crippen molar-refractivity contribution < 1.29 is 19.4 Å². The van der Waals surface area contributed by atoms with Crippen molar-refractivity contribution in [3.8, 4) is 0 Å². The number of ether oxygens (including phenoxy) is 1. The van der Waals surface area contributed by atoms with E-state index in [9.17, 15) is 14.7 Å². The van der Waals surface area contributed by atoms with Crippen molar-refractivity contribution in [1.82, 2.24) is 15.2 Å². The van der Waals surface area contributed by atoms with Crippen LogP contribution in [-0.2, 0) is 16.0 Å². The second-order valence-corrected chi connectivity index (χ2v) is 10.2. The monoisotopic (exact) mass is 499 g/mol. The molecule has 0 spiro atoms. The summed E-state index contributed by atoms with van der Waals surface area (Å²) >= 11 is 6.03. The summed E-state index contributed by atoms with van der Waals surface area (Å²) in [6.07, 6.45) is 2.03. The molecule has 0 aliphatic carbocycles. The number of carboxylic acids is 1. The Balaban J connectivity index is 1.72. The average Bonchev–Trinajstić information content (AvgIpc) is 3.18. The van der Waals surface area contributed by atoms with Crippen LogP contribution in [-0.4, -0.2) is 51.8 Å². The van der Waals surface area contributed by atoms with Gasteiger partial charge in [-0.3, -0.25) is 4.79 Å². The molecule has 0 aliphatic rings. The number of nitrogens with zero attached hydrogens (tertiary/aromatic N) is 1. The fourth-order valence-corrected chi connectivity index (χ4v) is 4.19. The number of hydrogen-bond donors (Lipinski definition) is 3. The number of aromatic nitrogens is 1. The molecule has 7 nitrogen and oxygen atoms in total. The van der Waals surface area contributed by atoms with Gasteiger partial charge in [-0.1, -0.05) is 41.9 Å². The number of halogens is 1. The average molecular weight is 500 g/mol. The molecule has 8 heteroatoms. The molecule has 0 aliphatic heterocycles. The van der Waals surface area contributed by atoms with Crippen molar-refractivity contribution in [3.63, 3.8) is 0 Å². The SMILES string of the molecule is CC(c1ccc(Cl)cc1)N(CCN[C@H](CC(=O)O)Cc1c[nH]c2ccccc12)C(=O)OC(C)(C)C. The molecule has 35 heavy (non-hydrogen) atoms. The molecule has 3 aromatic rings. The molecule has 0 bridgehead atoms. The first kappa shape index (κ1) is 26.6. The van der Waals surface area contributed by atoms with E-state index < -0.39 is 17.7 Å². The molecular formula is C27H34ClN3O4. The number of amides is 1. The number of carbonyl (C=O) groups excluding carboxylic acids is 1. The van der Waals surface area contributed by atoms with Crippen molar-refractivity contribution in [2.45, 2.75) is 58.2 Å². The van der Waals surface area contributed by atoms with Crippen LogP contribution in [0.3, 0.4) is 0 Å². The molecule has 0 saturated carbocycles. The lowest BCUT2D eigenvalue weighted by atomic mass is 10.0. The Morgan fingerprint density at radius 3 is 2.49 bits per heavy atom. The second kappa shape index (κ2) is 11.6. The van der Waals surface area contributed by atoms with Crippen LogP contribution < -0.4 is 5.32 Å². The topological polar surface area (TPSA) is 94.7 Å². The largest absolute Gasteiger partial charge is 0.481 e. The van der Waals surface area contributed by atoms with Crippen molar-refractivity contribution in [2.75, 3.05) is 13.1 Å². The number of H-pyrrole nitrogens is 1. The zero-order valence-electron chi connectivity index (χ0n) is 20.7. The minimum absolute atomic E-state index is 0.0291. The number of aliphatic carboxylic acids is 1. The molecular weight excluding hydrogens is 466 g/mol. The number of aromatic amines is 1. The smallest absolute Gasteiger partial charge is 0.410 e. The Bertz CT molecular complexity index is 1140. The van der Waals surface area contributed by atoms with Crippen LogP contribution in [0.5, 0.6) is 0 Å². The molecule has 0 saturated heterocycles. The number of fused-ring (bicyclic) bond motifs is 1. The van der Waals surface area contributed by atoms with E-state index in [0.29, 0.717) is 24.5 Å². The van der Waals surface area contributed by atoms with Gasteiger partial charge in [0, 0.05) is 41.3 Å². The number of carbonyl (C=O) groups is 2. The van der Waals surface area contributed by atoms with E-state index in [1.54, 1.807) is 17.0 Å². The highest BCUT2D eigenvalue weighted by Crippen LogP contribution is 2.24. The second-order valence-electron chi connectivity index (χ2n) is 9.71. The zero-order chi connectivity index (χ0) is 25.6. The van der Waals surface area contributed by atoms with E-state index in [-0.39, 0.29) is 18.5 Å². The molecule has 2 aromatic carbocycles.